The molecule has 1 fully saturated rings. The average Bonchev–Trinajstić information content (AvgIpc) is 2.54. The summed E-state index contributed by atoms with van der Waals surface area (Å²) in [6.45, 7) is 0.191. The van der Waals surface area contributed by atoms with E-state index in [1.54, 1.807) is 0 Å². The standard InChI is InChI=1S/C18H18BrFN2O3S/c19-16-9-8-15(20)10-17(16)26(24,25)22-18(23)21-11-12-4-6-14(7-5-12)13-2-1-3-13/h4-10,13H,1-3,11H2,(H2,21,22,23). The van der Waals surface area contributed by atoms with Crippen LogP contribution in [0, 0.1) is 5.82 Å². The van der Waals surface area contributed by atoms with E-state index in [1.807, 2.05) is 29.0 Å². The summed E-state index contributed by atoms with van der Waals surface area (Å²) in [6.07, 6.45) is 3.70. The summed E-state index contributed by atoms with van der Waals surface area (Å²) in [7, 11) is -4.18. The molecule has 0 spiro atoms. The molecule has 2 aromatic rings. The first-order chi connectivity index (χ1) is 12.3. The SMILES string of the molecule is O=C(NCc1ccc(C2CCC2)cc1)NS(=O)(=O)c1cc(F)ccc1Br. The highest BCUT2D eigenvalue weighted by molar-refractivity contribution is 9.10. The molecule has 0 aromatic heterocycles. The summed E-state index contributed by atoms with van der Waals surface area (Å²) in [5.41, 5.74) is 2.16. The van der Waals surface area contributed by atoms with E-state index >= 15 is 0 Å². The molecular weight excluding hydrogens is 423 g/mol. The van der Waals surface area contributed by atoms with Gasteiger partial charge in [-0.15, -0.1) is 0 Å². The van der Waals surface area contributed by atoms with Gasteiger partial charge in [-0.1, -0.05) is 30.7 Å². The maximum Gasteiger partial charge on any atom is 0.328 e. The van der Waals surface area contributed by atoms with Gasteiger partial charge in [0.15, 0.2) is 0 Å². The number of nitrogens with one attached hydrogen (secondary N) is 2. The first-order valence-electron chi connectivity index (χ1n) is 8.20. The number of rotatable bonds is 5. The number of urea groups is 1. The molecule has 26 heavy (non-hydrogen) atoms. The van der Waals surface area contributed by atoms with Gasteiger partial charge in [0.25, 0.3) is 10.0 Å². The second-order valence-electron chi connectivity index (χ2n) is 6.23. The highest BCUT2D eigenvalue weighted by atomic mass is 79.9. The van der Waals surface area contributed by atoms with Gasteiger partial charge in [0.05, 0.1) is 0 Å². The lowest BCUT2D eigenvalue weighted by Crippen LogP contribution is -2.39. The molecule has 8 heteroatoms. The second kappa shape index (κ2) is 7.75. The Morgan fingerprint density at radius 3 is 2.46 bits per heavy atom. The molecule has 5 nitrogen and oxygen atoms in total. The van der Waals surface area contributed by atoms with Crippen molar-refractivity contribution in [3.05, 3.63) is 63.9 Å². The minimum absolute atomic E-state index is 0.172. The summed E-state index contributed by atoms with van der Waals surface area (Å²) in [5, 5.41) is 2.50. The third kappa shape index (κ3) is 4.42. The molecule has 1 saturated carbocycles. The molecule has 0 unspecified atom stereocenters. The maximum absolute atomic E-state index is 13.3. The molecule has 0 bridgehead atoms. The van der Waals surface area contributed by atoms with Crippen molar-refractivity contribution in [2.24, 2.45) is 0 Å². The Balaban J connectivity index is 1.58. The summed E-state index contributed by atoms with van der Waals surface area (Å²) in [5.74, 6) is -0.0734. The van der Waals surface area contributed by atoms with Gasteiger partial charge in [-0.2, -0.15) is 0 Å². The normalized spacial score (nSPS) is 14.5. The van der Waals surface area contributed by atoms with Crippen LogP contribution in [-0.4, -0.2) is 14.4 Å². The van der Waals surface area contributed by atoms with Gasteiger partial charge in [0.2, 0.25) is 0 Å². The Kier molecular flexibility index (Phi) is 5.62. The lowest BCUT2D eigenvalue weighted by atomic mass is 9.80. The van der Waals surface area contributed by atoms with Gasteiger partial charge in [0, 0.05) is 11.0 Å². The van der Waals surface area contributed by atoms with Gasteiger partial charge in [-0.3, -0.25) is 0 Å². The van der Waals surface area contributed by atoms with Crippen molar-refractivity contribution in [2.45, 2.75) is 36.6 Å². The zero-order valence-corrected chi connectivity index (χ0v) is 16.2. The van der Waals surface area contributed by atoms with Crippen LogP contribution in [0.15, 0.2) is 51.8 Å². The molecule has 2 N–H and O–H groups in total. The van der Waals surface area contributed by atoms with E-state index in [2.05, 4.69) is 21.2 Å². The van der Waals surface area contributed by atoms with Crippen LogP contribution in [0.5, 0.6) is 0 Å². The third-order valence-electron chi connectivity index (χ3n) is 4.42. The number of benzene rings is 2. The molecule has 3 rings (SSSR count). The van der Waals surface area contributed by atoms with Gasteiger partial charge in [-0.25, -0.2) is 22.3 Å². The lowest BCUT2D eigenvalue weighted by Gasteiger charge is -2.25. The van der Waals surface area contributed by atoms with Gasteiger partial charge < -0.3 is 5.32 Å². The summed E-state index contributed by atoms with van der Waals surface area (Å²) in [6, 6.07) is 10.3. The zero-order valence-electron chi connectivity index (χ0n) is 13.8. The van der Waals surface area contributed by atoms with Crippen LogP contribution >= 0.6 is 15.9 Å². The van der Waals surface area contributed by atoms with Gasteiger partial charge >= 0.3 is 6.03 Å². The minimum Gasteiger partial charge on any atom is -0.333 e. The molecular formula is C18H18BrFN2O3S. The molecule has 1 aliphatic rings. The largest absolute Gasteiger partial charge is 0.333 e. The van der Waals surface area contributed by atoms with Crippen molar-refractivity contribution < 1.29 is 17.6 Å². The van der Waals surface area contributed by atoms with E-state index in [9.17, 15) is 17.6 Å². The van der Waals surface area contributed by atoms with Crippen molar-refractivity contribution in [3.63, 3.8) is 0 Å². The summed E-state index contributed by atoms with van der Waals surface area (Å²) < 4.78 is 39.8. The molecule has 2 aromatic carbocycles. The second-order valence-corrected chi connectivity index (χ2v) is 8.74. The van der Waals surface area contributed by atoms with E-state index in [4.69, 9.17) is 0 Å². The molecule has 0 saturated heterocycles. The average molecular weight is 441 g/mol. The molecule has 0 aliphatic heterocycles. The van der Waals surface area contributed by atoms with Crippen LogP contribution in [0.3, 0.4) is 0 Å². The van der Waals surface area contributed by atoms with Crippen LogP contribution in [0.1, 0.15) is 36.3 Å². The number of sulfonamides is 1. The molecule has 2 amide bonds. The van der Waals surface area contributed by atoms with E-state index in [1.165, 1.54) is 30.9 Å². The smallest absolute Gasteiger partial charge is 0.328 e. The van der Waals surface area contributed by atoms with Crippen LogP contribution < -0.4 is 10.0 Å². The van der Waals surface area contributed by atoms with Crippen molar-refractivity contribution in [1.82, 2.24) is 10.0 Å². The number of halogens is 2. The third-order valence-corrected chi connectivity index (χ3v) is 6.74. The highest BCUT2D eigenvalue weighted by Crippen LogP contribution is 2.36. The highest BCUT2D eigenvalue weighted by Gasteiger charge is 2.21. The molecule has 1 aliphatic carbocycles. The van der Waals surface area contributed by atoms with E-state index in [0.717, 1.165) is 17.7 Å². The summed E-state index contributed by atoms with van der Waals surface area (Å²) >= 11 is 3.04. The maximum atomic E-state index is 13.3. The van der Waals surface area contributed by atoms with E-state index in [0.29, 0.717) is 5.92 Å². The Hall–Kier alpha value is -1.93. The van der Waals surface area contributed by atoms with E-state index < -0.39 is 21.9 Å². The van der Waals surface area contributed by atoms with Crippen LogP contribution in [-0.2, 0) is 16.6 Å². The number of carbonyl (C=O) groups excluding carboxylic acids is 1. The van der Waals surface area contributed by atoms with Gasteiger partial charge in [0.1, 0.15) is 10.7 Å². The zero-order chi connectivity index (χ0) is 18.7. The van der Waals surface area contributed by atoms with Crippen molar-refractivity contribution >= 4 is 32.0 Å². The molecule has 0 heterocycles. The predicted molar refractivity (Wildman–Crippen MR) is 99.7 cm³/mol. The van der Waals surface area contributed by atoms with Crippen molar-refractivity contribution in [2.75, 3.05) is 0 Å². The fraction of sp³-hybridized carbons (Fsp3) is 0.278. The Bertz CT molecular complexity index is 913. The number of hydrogen-bond donors (Lipinski definition) is 2. The van der Waals surface area contributed by atoms with Crippen LogP contribution in [0.4, 0.5) is 9.18 Å². The van der Waals surface area contributed by atoms with Crippen molar-refractivity contribution in [3.8, 4) is 0 Å². The minimum atomic E-state index is -4.18. The van der Waals surface area contributed by atoms with Crippen LogP contribution in [0.2, 0.25) is 0 Å². The Morgan fingerprint density at radius 1 is 1.15 bits per heavy atom. The fourth-order valence-corrected chi connectivity index (χ4v) is 4.63. The monoisotopic (exact) mass is 440 g/mol. The number of hydrogen-bond acceptors (Lipinski definition) is 3. The Morgan fingerprint density at radius 2 is 1.85 bits per heavy atom. The van der Waals surface area contributed by atoms with Gasteiger partial charge in [-0.05, 0) is 64.0 Å². The molecule has 0 radical (unpaired) electrons. The van der Waals surface area contributed by atoms with Crippen molar-refractivity contribution in [1.29, 1.82) is 0 Å². The number of carbonyl (C=O) groups is 1. The van der Waals surface area contributed by atoms with E-state index in [-0.39, 0.29) is 15.9 Å². The number of amides is 2. The van der Waals surface area contributed by atoms with Crippen LogP contribution in [0.25, 0.3) is 0 Å². The Labute approximate surface area is 160 Å². The summed E-state index contributed by atoms with van der Waals surface area (Å²) in [4.78, 5) is 11.6. The fourth-order valence-electron chi connectivity index (χ4n) is 2.73. The lowest BCUT2D eigenvalue weighted by molar-refractivity contribution is 0.245. The first kappa shape index (κ1) is 18.8. The molecule has 0 atom stereocenters. The molecule has 138 valence electrons. The topological polar surface area (TPSA) is 75.3 Å². The quantitative estimate of drug-likeness (QED) is 0.736. The first-order valence-corrected chi connectivity index (χ1v) is 10.5. The predicted octanol–water partition coefficient (Wildman–Crippen LogP) is 4.04.